The normalized spacial score (nSPS) is 19.6. The molecule has 1 aliphatic rings. The first-order chi connectivity index (χ1) is 11.5. The quantitative estimate of drug-likeness (QED) is 0.790. The minimum absolute atomic E-state index is 0.0518. The Balaban J connectivity index is 2.33. The van der Waals surface area contributed by atoms with Crippen LogP contribution in [0, 0.1) is 5.82 Å². The zero-order valence-electron chi connectivity index (χ0n) is 16.0. The molecule has 0 aromatic heterocycles. The number of hydrogen-bond acceptors (Lipinski definition) is 2. The van der Waals surface area contributed by atoms with Gasteiger partial charge in [-0.05, 0) is 65.2 Å². The number of rotatable bonds is 5. The van der Waals surface area contributed by atoms with Gasteiger partial charge in [-0.2, -0.15) is 0 Å². The number of amides is 1. The molecular formula is C20H30ClFN2O. The highest BCUT2D eigenvalue weighted by Crippen LogP contribution is 2.33. The van der Waals surface area contributed by atoms with Crippen LogP contribution in [0.25, 0.3) is 0 Å². The van der Waals surface area contributed by atoms with Crippen LogP contribution in [-0.2, 0) is 0 Å². The van der Waals surface area contributed by atoms with Crippen LogP contribution in [0.4, 0.5) is 4.39 Å². The minimum Gasteiger partial charge on any atom is -0.335 e. The second-order valence-electron chi connectivity index (χ2n) is 8.43. The Morgan fingerprint density at radius 1 is 1.28 bits per heavy atom. The maximum absolute atomic E-state index is 13.4. The van der Waals surface area contributed by atoms with Crippen molar-refractivity contribution in [3.05, 3.63) is 34.6 Å². The van der Waals surface area contributed by atoms with Crippen LogP contribution in [0.2, 0.25) is 5.02 Å². The summed E-state index contributed by atoms with van der Waals surface area (Å²) in [5.41, 5.74) is 0.279. The number of carbonyl (C=O) groups excluding carboxylic acids is 1. The van der Waals surface area contributed by atoms with Crippen LogP contribution < -0.4 is 5.32 Å². The Hall–Kier alpha value is -1.13. The molecule has 0 atom stereocenters. The van der Waals surface area contributed by atoms with Crippen LogP contribution in [0.1, 0.15) is 70.7 Å². The summed E-state index contributed by atoms with van der Waals surface area (Å²) in [4.78, 5) is 15.2. The summed E-state index contributed by atoms with van der Waals surface area (Å²) in [6.07, 6.45) is 3.71. The Labute approximate surface area is 155 Å². The van der Waals surface area contributed by atoms with E-state index in [9.17, 15) is 9.18 Å². The summed E-state index contributed by atoms with van der Waals surface area (Å²) in [6, 6.07) is 4.14. The van der Waals surface area contributed by atoms with Crippen molar-refractivity contribution in [2.45, 2.75) is 77.4 Å². The van der Waals surface area contributed by atoms with E-state index in [1.807, 2.05) is 4.90 Å². The lowest BCUT2D eigenvalue weighted by molar-refractivity contribution is 0.0442. The van der Waals surface area contributed by atoms with Gasteiger partial charge in [0.15, 0.2) is 0 Å². The zero-order chi connectivity index (χ0) is 18.8. The van der Waals surface area contributed by atoms with E-state index in [1.165, 1.54) is 18.2 Å². The standard InChI is InChI=1S/C20H30ClFN2O/c1-6-7-10-24(15-12-19(2,3)23-20(4,5)13-15)18(25)16-9-8-14(22)11-17(16)21/h8-9,11,15,23H,6-7,10,12-13H2,1-5H3. The molecule has 1 aromatic carbocycles. The van der Waals surface area contributed by atoms with Crippen LogP contribution in [-0.4, -0.2) is 34.5 Å². The number of hydrogen-bond donors (Lipinski definition) is 1. The number of carbonyl (C=O) groups is 1. The summed E-state index contributed by atoms with van der Waals surface area (Å²) in [5.74, 6) is -0.525. The average molecular weight is 369 g/mol. The molecule has 1 aromatic rings. The van der Waals surface area contributed by atoms with Crippen LogP contribution >= 0.6 is 11.6 Å². The molecule has 3 nitrogen and oxygen atoms in total. The molecule has 1 amide bonds. The largest absolute Gasteiger partial charge is 0.335 e. The van der Waals surface area contributed by atoms with Crippen molar-refractivity contribution in [3.8, 4) is 0 Å². The van der Waals surface area contributed by atoms with E-state index in [-0.39, 0.29) is 28.0 Å². The summed E-state index contributed by atoms with van der Waals surface area (Å²) in [7, 11) is 0. The first-order valence-corrected chi connectivity index (χ1v) is 9.48. The molecule has 2 rings (SSSR count). The van der Waals surface area contributed by atoms with Gasteiger partial charge in [0.1, 0.15) is 5.82 Å². The van der Waals surface area contributed by atoms with Gasteiger partial charge in [-0.1, -0.05) is 24.9 Å². The molecular weight excluding hydrogens is 339 g/mol. The molecule has 140 valence electrons. The fourth-order valence-corrected chi connectivity index (χ4v) is 4.33. The third-order valence-corrected chi connectivity index (χ3v) is 5.10. The van der Waals surface area contributed by atoms with E-state index < -0.39 is 5.82 Å². The summed E-state index contributed by atoms with van der Waals surface area (Å²) < 4.78 is 13.4. The molecule has 0 bridgehead atoms. The predicted molar refractivity (Wildman–Crippen MR) is 102 cm³/mol. The Morgan fingerprint density at radius 2 is 1.88 bits per heavy atom. The van der Waals surface area contributed by atoms with Gasteiger partial charge in [0.05, 0.1) is 10.6 Å². The highest BCUT2D eigenvalue weighted by Gasteiger charge is 2.41. The van der Waals surface area contributed by atoms with E-state index in [4.69, 9.17) is 11.6 Å². The second kappa shape index (κ2) is 7.63. The maximum atomic E-state index is 13.4. The lowest BCUT2D eigenvalue weighted by atomic mass is 9.78. The average Bonchev–Trinajstić information content (AvgIpc) is 2.44. The third kappa shape index (κ3) is 5.18. The molecule has 1 aliphatic heterocycles. The molecule has 0 aliphatic carbocycles. The van der Waals surface area contributed by atoms with E-state index in [2.05, 4.69) is 39.9 Å². The number of nitrogens with zero attached hydrogens (tertiary/aromatic N) is 1. The molecule has 1 heterocycles. The molecule has 0 spiro atoms. The van der Waals surface area contributed by atoms with Crippen molar-refractivity contribution < 1.29 is 9.18 Å². The lowest BCUT2D eigenvalue weighted by Gasteiger charge is -2.49. The van der Waals surface area contributed by atoms with Gasteiger partial charge in [-0.15, -0.1) is 0 Å². The topological polar surface area (TPSA) is 32.3 Å². The molecule has 1 N–H and O–H groups in total. The Bertz CT molecular complexity index is 614. The van der Waals surface area contributed by atoms with Gasteiger partial charge in [0.25, 0.3) is 5.91 Å². The fraction of sp³-hybridized carbons (Fsp3) is 0.650. The molecule has 25 heavy (non-hydrogen) atoms. The van der Waals surface area contributed by atoms with Gasteiger partial charge < -0.3 is 10.2 Å². The van der Waals surface area contributed by atoms with E-state index in [1.54, 1.807) is 0 Å². The molecule has 0 radical (unpaired) electrons. The van der Waals surface area contributed by atoms with Crippen molar-refractivity contribution in [2.24, 2.45) is 0 Å². The van der Waals surface area contributed by atoms with E-state index in [0.717, 1.165) is 25.7 Å². The van der Waals surface area contributed by atoms with Crippen LogP contribution in [0.15, 0.2) is 18.2 Å². The molecule has 0 unspecified atom stereocenters. The van der Waals surface area contributed by atoms with Crippen molar-refractivity contribution in [3.63, 3.8) is 0 Å². The number of nitrogens with one attached hydrogen (secondary N) is 1. The van der Waals surface area contributed by atoms with Crippen molar-refractivity contribution in [1.29, 1.82) is 0 Å². The summed E-state index contributed by atoms with van der Waals surface area (Å²) in [6.45, 7) is 11.5. The number of halogens is 2. The van der Waals surface area contributed by atoms with Crippen molar-refractivity contribution >= 4 is 17.5 Å². The Kier molecular flexibility index (Phi) is 6.16. The van der Waals surface area contributed by atoms with Crippen molar-refractivity contribution in [1.82, 2.24) is 10.2 Å². The van der Waals surface area contributed by atoms with Gasteiger partial charge in [-0.3, -0.25) is 4.79 Å². The smallest absolute Gasteiger partial charge is 0.255 e. The fourth-order valence-electron chi connectivity index (χ4n) is 4.08. The number of unbranched alkanes of at least 4 members (excludes halogenated alkanes) is 1. The maximum Gasteiger partial charge on any atom is 0.255 e. The van der Waals surface area contributed by atoms with Crippen molar-refractivity contribution in [2.75, 3.05) is 6.54 Å². The lowest BCUT2D eigenvalue weighted by Crippen LogP contribution is -2.62. The van der Waals surface area contributed by atoms with E-state index in [0.29, 0.717) is 12.1 Å². The second-order valence-corrected chi connectivity index (χ2v) is 8.84. The minimum atomic E-state index is -0.425. The van der Waals surface area contributed by atoms with Crippen LogP contribution in [0.5, 0.6) is 0 Å². The van der Waals surface area contributed by atoms with Gasteiger partial charge in [0, 0.05) is 23.7 Å². The summed E-state index contributed by atoms with van der Waals surface area (Å²) in [5, 5.41) is 3.84. The molecule has 5 heteroatoms. The monoisotopic (exact) mass is 368 g/mol. The highest BCUT2D eigenvalue weighted by atomic mass is 35.5. The third-order valence-electron chi connectivity index (χ3n) is 4.78. The zero-order valence-corrected chi connectivity index (χ0v) is 16.7. The van der Waals surface area contributed by atoms with Gasteiger partial charge in [0.2, 0.25) is 0 Å². The van der Waals surface area contributed by atoms with Gasteiger partial charge >= 0.3 is 0 Å². The summed E-state index contributed by atoms with van der Waals surface area (Å²) >= 11 is 6.15. The first-order valence-electron chi connectivity index (χ1n) is 9.10. The number of benzene rings is 1. The Morgan fingerprint density at radius 3 is 2.40 bits per heavy atom. The van der Waals surface area contributed by atoms with E-state index >= 15 is 0 Å². The predicted octanol–water partition coefficient (Wildman–Crippen LogP) is 5.03. The first kappa shape index (κ1) is 20.2. The van der Waals surface area contributed by atoms with Gasteiger partial charge in [-0.25, -0.2) is 4.39 Å². The molecule has 0 saturated carbocycles. The molecule has 1 fully saturated rings. The van der Waals surface area contributed by atoms with Crippen LogP contribution in [0.3, 0.4) is 0 Å². The SMILES string of the molecule is CCCCN(C(=O)c1ccc(F)cc1Cl)C1CC(C)(C)NC(C)(C)C1. The number of piperidine rings is 1. The highest BCUT2D eigenvalue weighted by molar-refractivity contribution is 6.33. The molecule has 1 saturated heterocycles.